The maximum absolute atomic E-state index is 12.1. The summed E-state index contributed by atoms with van der Waals surface area (Å²) in [4.78, 5) is 22.2. The number of rotatable bonds is 4. The Labute approximate surface area is 138 Å². The van der Waals surface area contributed by atoms with Crippen molar-refractivity contribution >= 4 is 11.7 Å². The quantitative estimate of drug-likeness (QED) is 0.590. The topological polar surface area (TPSA) is 104 Å². The molecule has 0 bridgehead atoms. The number of aliphatic hydroxyl groups is 1. The fraction of sp³-hybridized carbons (Fsp3) is 0.235. The number of carbonyl (C=O) groups excluding carboxylic acids is 1. The molecular formula is C17H17N3O4. The highest BCUT2D eigenvalue weighted by Gasteiger charge is 2.31. The normalized spacial score (nSPS) is 18.7. The molecule has 2 aromatic carbocycles. The minimum atomic E-state index is -0.646. The van der Waals surface area contributed by atoms with Crippen molar-refractivity contribution in [3.63, 3.8) is 0 Å². The van der Waals surface area contributed by atoms with Crippen LogP contribution in [0.25, 0.3) is 0 Å². The number of fused-ring (bicyclic) bond motifs is 1. The van der Waals surface area contributed by atoms with Crippen LogP contribution in [0, 0.1) is 10.1 Å². The smallest absolute Gasteiger partial charge is 0.315 e. The summed E-state index contributed by atoms with van der Waals surface area (Å²) in [7, 11) is 0. The van der Waals surface area contributed by atoms with Crippen LogP contribution >= 0.6 is 0 Å². The van der Waals surface area contributed by atoms with Crippen LogP contribution < -0.4 is 10.6 Å². The van der Waals surface area contributed by atoms with Crippen molar-refractivity contribution in [1.82, 2.24) is 10.6 Å². The molecule has 1 aliphatic rings. The molecule has 7 nitrogen and oxygen atoms in total. The zero-order valence-electron chi connectivity index (χ0n) is 12.8. The molecule has 2 aromatic rings. The average molecular weight is 327 g/mol. The number of aliphatic hydroxyl groups excluding tert-OH is 1. The molecule has 2 atom stereocenters. The minimum absolute atomic E-state index is 0.00823. The number of hydrogen-bond donors (Lipinski definition) is 3. The number of urea groups is 1. The van der Waals surface area contributed by atoms with Crippen LogP contribution in [0.5, 0.6) is 0 Å². The number of nitro benzene ring substituents is 1. The first kappa shape index (κ1) is 15.9. The standard InChI is InChI=1S/C17H17N3O4/c21-15-9-12-3-1-2-4-14(12)16(15)19-17(22)18-10-11-5-7-13(8-6-11)20(23)24/h1-8,15-16,21H,9-10H2,(H2,18,19,22). The van der Waals surface area contributed by atoms with Gasteiger partial charge in [0.15, 0.2) is 0 Å². The van der Waals surface area contributed by atoms with Crippen LogP contribution in [0.4, 0.5) is 10.5 Å². The van der Waals surface area contributed by atoms with Gasteiger partial charge in [0, 0.05) is 25.1 Å². The first-order chi connectivity index (χ1) is 11.5. The number of non-ortho nitro benzene ring substituents is 1. The molecule has 24 heavy (non-hydrogen) atoms. The monoisotopic (exact) mass is 327 g/mol. The molecule has 0 saturated heterocycles. The highest BCUT2D eigenvalue weighted by atomic mass is 16.6. The first-order valence-corrected chi connectivity index (χ1v) is 7.58. The lowest BCUT2D eigenvalue weighted by atomic mass is 10.1. The van der Waals surface area contributed by atoms with Gasteiger partial charge in [0.1, 0.15) is 0 Å². The Balaban J connectivity index is 1.57. The van der Waals surface area contributed by atoms with Gasteiger partial charge in [-0.1, -0.05) is 36.4 Å². The van der Waals surface area contributed by atoms with E-state index in [1.54, 1.807) is 12.1 Å². The van der Waals surface area contributed by atoms with Crippen LogP contribution in [-0.4, -0.2) is 22.2 Å². The van der Waals surface area contributed by atoms with Crippen LogP contribution in [0.2, 0.25) is 0 Å². The fourth-order valence-corrected chi connectivity index (χ4v) is 2.86. The summed E-state index contributed by atoms with van der Waals surface area (Å²) in [6.45, 7) is 0.244. The van der Waals surface area contributed by atoms with E-state index in [0.717, 1.165) is 16.7 Å². The number of carbonyl (C=O) groups is 1. The Morgan fingerprint density at radius 3 is 2.62 bits per heavy atom. The Morgan fingerprint density at radius 1 is 1.21 bits per heavy atom. The molecule has 124 valence electrons. The highest BCUT2D eigenvalue weighted by molar-refractivity contribution is 5.74. The Morgan fingerprint density at radius 2 is 1.92 bits per heavy atom. The van der Waals surface area contributed by atoms with E-state index >= 15 is 0 Å². The zero-order chi connectivity index (χ0) is 17.1. The lowest BCUT2D eigenvalue weighted by molar-refractivity contribution is -0.384. The molecule has 0 radical (unpaired) electrons. The molecule has 3 N–H and O–H groups in total. The van der Waals surface area contributed by atoms with Crippen molar-refractivity contribution in [1.29, 1.82) is 0 Å². The molecule has 7 heteroatoms. The van der Waals surface area contributed by atoms with Crippen LogP contribution in [0.1, 0.15) is 22.7 Å². The third-order valence-corrected chi connectivity index (χ3v) is 4.09. The lowest BCUT2D eigenvalue weighted by Gasteiger charge is -2.18. The molecule has 2 amide bonds. The summed E-state index contributed by atoms with van der Waals surface area (Å²) < 4.78 is 0. The number of nitrogens with one attached hydrogen (secondary N) is 2. The van der Waals surface area contributed by atoms with Gasteiger partial charge in [-0.2, -0.15) is 0 Å². The first-order valence-electron chi connectivity index (χ1n) is 7.58. The summed E-state index contributed by atoms with van der Waals surface area (Å²) in [5, 5.41) is 26.2. The summed E-state index contributed by atoms with van der Waals surface area (Å²) in [6.07, 6.45) is -0.128. The van der Waals surface area contributed by atoms with E-state index in [-0.39, 0.29) is 12.2 Å². The maximum atomic E-state index is 12.1. The number of nitro groups is 1. The van der Waals surface area contributed by atoms with Gasteiger partial charge in [-0.25, -0.2) is 4.79 Å². The molecule has 3 rings (SSSR count). The van der Waals surface area contributed by atoms with E-state index in [9.17, 15) is 20.0 Å². The van der Waals surface area contributed by atoms with Crippen LogP contribution in [-0.2, 0) is 13.0 Å². The van der Waals surface area contributed by atoms with Gasteiger partial charge in [0.05, 0.1) is 17.1 Å². The molecule has 1 aliphatic carbocycles. The largest absolute Gasteiger partial charge is 0.390 e. The van der Waals surface area contributed by atoms with Gasteiger partial charge in [-0.05, 0) is 16.7 Å². The van der Waals surface area contributed by atoms with E-state index in [1.807, 2.05) is 24.3 Å². The van der Waals surface area contributed by atoms with Crippen LogP contribution in [0.15, 0.2) is 48.5 Å². The van der Waals surface area contributed by atoms with Crippen molar-refractivity contribution in [2.75, 3.05) is 0 Å². The van der Waals surface area contributed by atoms with E-state index in [2.05, 4.69) is 10.6 Å². The van der Waals surface area contributed by atoms with E-state index in [1.165, 1.54) is 12.1 Å². The predicted octanol–water partition coefficient (Wildman–Crippen LogP) is 2.05. The number of benzene rings is 2. The van der Waals surface area contributed by atoms with E-state index in [4.69, 9.17) is 0 Å². The molecule has 0 aliphatic heterocycles. The zero-order valence-corrected chi connectivity index (χ0v) is 12.8. The van der Waals surface area contributed by atoms with Crippen molar-refractivity contribution in [3.05, 3.63) is 75.3 Å². The van der Waals surface area contributed by atoms with Crippen molar-refractivity contribution < 1.29 is 14.8 Å². The predicted molar refractivity (Wildman–Crippen MR) is 87.4 cm³/mol. The van der Waals surface area contributed by atoms with Gasteiger partial charge in [0.2, 0.25) is 0 Å². The molecule has 0 spiro atoms. The number of amides is 2. The molecular weight excluding hydrogens is 310 g/mol. The van der Waals surface area contributed by atoms with E-state index in [0.29, 0.717) is 6.42 Å². The summed E-state index contributed by atoms with van der Waals surface area (Å²) in [6, 6.07) is 12.8. The van der Waals surface area contributed by atoms with Crippen molar-refractivity contribution in [2.45, 2.75) is 25.1 Å². The Hall–Kier alpha value is -2.93. The Bertz CT molecular complexity index is 761. The Kier molecular flexibility index (Phi) is 4.43. The second kappa shape index (κ2) is 6.67. The molecule has 2 unspecified atom stereocenters. The third kappa shape index (κ3) is 3.36. The molecule has 0 heterocycles. The van der Waals surface area contributed by atoms with Gasteiger partial charge >= 0.3 is 6.03 Å². The summed E-state index contributed by atoms with van der Waals surface area (Å²) in [5.74, 6) is 0. The van der Waals surface area contributed by atoms with Crippen LogP contribution in [0.3, 0.4) is 0 Å². The SMILES string of the molecule is O=C(NCc1ccc([N+](=O)[O-])cc1)NC1c2ccccc2CC1O. The molecule has 0 saturated carbocycles. The fourth-order valence-electron chi connectivity index (χ4n) is 2.86. The van der Waals surface area contributed by atoms with E-state index < -0.39 is 23.1 Å². The molecule has 0 fully saturated rings. The summed E-state index contributed by atoms with van der Waals surface area (Å²) >= 11 is 0. The number of nitrogens with zero attached hydrogens (tertiary/aromatic N) is 1. The average Bonchev–Trinajstić information content (AvgIpc) is 2.89. The second-order valence-corrected chi connectivity index (χ2v) is 5.70. The van der Waals surface area contributed by atoms with Gasteiger partial charge in [-0.3, -0.25) is 10.1 Å². The van der Waals surface area contributed by atoms with Gasteiger partial charge in [-0.15, -0.1) is 0 Å². The highest BCUT2D eigenvalue weighted by Crippen LogP contribution is 2.31. The number of hydrogen-bond acceptors (Lipinski definition) is 4. The second-order valence-electron chi connectivity index (χ2n) is 5.70. The minimum Gasteiger partial charge on any atom is -0.390 e. The van der Waals surface area contributed by atoms with Crippen molar-refractivity contribution in [2.24, 2.45) is 0 Å². The maximum Gasteiger partial charge on any atom is 0.315 e. The lowest BCUT2D eigenvalue weighted by Crippen LogP contribution is -2.40. The van der Waals surface area contributed by atoms with Gasteiger partial charge < -0.3 is 15.7 Å². The van der Waals surface area contributed by atoms with Crippen molar-refractivity contribution in [3.8, 4) is 0 Å². The summed E-state index contributed by atoms with van der Waals surface area (Å²) in [5.41, 5.74) is 2.72. The third-order valence-electron chi connectivity index (χ3n) is 4.09. The molecule has 0 aromatic heterocycles. The van der Waals surface area contributed by atoms with Gasteiger partial charge in [0.25, 0.3) is 5.69 Å².